The average Bonchev–Trinajstić information content (AvgIpc) is 2.48. The van der Waals surface area contributed by atoms with Gasteiger partial charge in [0, 0.05) is 12.6 Å². The number of benzene rings is 2. The second-order valence-corrected chi connectivity index (χ2v) is 6.83. The lowest BCUT2D eigenvalue weighted by atomic mass is 10.1. The summed E-state index contributed by atoms with van der Waals surface area (Å²) < 4.78 is 57.8. The Kier molecular flexibility index (Phi) is 5.33. The summed E-state index contributed by atoms with van der Waals surface area (Å²) in [4.78, 5) is 0.161. The summed E-state index contributed by atoms with van der Waals surface area (Å²) in [5, 5.41) is 0. The largest absolute Gasteiger partial charge is 0.489 e. The van der Waals surface area contributed by atoms with Gasteiger partial charge >= 0.3 is 0 Å². The van der Waals surface area contributed by atoms with Crippen LogP contribution in [0.25, 0.3) is 0 Å². The average molecular weight is 341 g/mol. The summed E-state index contributed by atoms with van der Waals surface area (Å²) in [5.41, 5.74) is 1.87. The van der Waals surface area contributed by atoms with Gasteiger partial charge in [0.1, 0.15) is 12.4 Å². The van der Waals surface area contributed by atoms with E-state index in [1.807, 2.05) is 13.8 Å². The molecule has 0 bridgehead atoms. The molecule has 2 rings (SSSR count). The van der Waals surface area contributed by atoms with E-state index >= 15 is 0 Å². The smallest absolute Gasteiger partial charge is 0.240 e. The highest BCUT2D eigenvalue weighted by Crippen LogP contribution is 2.17. The fourth-order valence-electron chi connectivity index (χ4n) is 1.89. The van der Waals surface area contributed by atoms with E-state index in [2.05, 4.69) is 4.72 Å². The van der Waals surface area contributed by atoms with Gasteiger partial charge in [0.25, 0.3) is 0 Å². The lowest BCUT2D eigenvalue weighted by Crippen LogP contribution is -2.28. The molecule has 2 aromatic carbocycles. The van der Waals surface area contributed by atoms with Crippen molar-refractivity contribution < 1.29 is 21.9 Å². The van der Waals surface area contributed by atoms with Crippen LogP contribution in [0.5, 0.6) is 5.75 Å². The van der Waals surface area contributed by atoms with Gasteiger partial charge in [-0.3, -0.25) is 0 Å². The molecule has 0 saturated heterocycles. The SMILES string of the molecule is Cc1ccc(S(=O)(=O)NCCOc2ccc(F)cc2F)cc1C. The first-order valence-electron chi connectivity index (χ1n) is 6.94. The molecule has 0 fully saturated rings. The Balaban J connectivity index is 1.93. The lowest BCUT2D eigenvalue weighted by molar-refractivity contribution is 0.305. The third-order valence-electron chi connectivity index (χ3n) is 3.33. The van der Waals surface area contributed by atoms with Crippen LogP contribution >= 0.6 is 0 Å². The number of rotatable bonds is 6. The molecule has 0 atom stereocenters. The second kappa shape index (κ2) is 7.06. The molecule has 0 radical (unpaired) electrons. The molecule has 0 spiro atoms. The molecule has 124 valence electrons. The van der Waals surface area contributed by atoms with Gasteiger partial charge in [-0.1, -0.05) is 6.07 Å². The zero-order valence-corrected chi connectivity index (χ0v) is 13.6. The number of nitrogens with one attached hydrogen (secondary N) is 1. The minimum Gasteiger partial charge on any atom is -0.489 e. The Bertz CT molecular complexity index is 807. The van der Waals surface area contributed by atoms with Gasteiger partial charge < -0.3 is 4.74 Å². The molecule has 0 aliphatic rings. The molecule has 0 aliphatic carbocycles. The standard InChI is InChI=1S/C16H17F2NO3S/c1-11-3-5-14(9-12(11)2)23(20,21)19-7-8-22-16-6-4-13(17)10-15(16)18/h3-6,9-10,19H,7-8H2,1-2H3. The Labute approximate surface area is 134 Å². The van der Waals surface area contributed by atoms with E-state index in [0.717, 1.165) is 23.3 Å². The van der Waals surface area contributed by atoms with Crippen LogP contribution in [0.1, 0.15) is 11.1 Å². The molecule has 7 heteroatoms. The number of aryl methyl sites for hydroxylation is 2. The molecule has 0 aromatic heterocycles. The van der Waals surface area contributed by atoms with Crippen LogP contribution in [-0.2, 0) is 10.0 Å². The first-order chi connectivity index (χ1) is 10.8. The van der Waals surface area contributed by atoms with Crippen molar-refractivity contribution in [3.05, 3.63) is 59.2 Å². The van der Waals surface area contributed by atoms with Crippen LogP contribution in [0, 0.1) is 25.5 Å². The Morgan fingerprint density at radius 3 is 2.43 bits per heavy atom. The fourth-order valence-corrected chi connectivity index (χ4v) is 2.99. The van der Waals surface area contributed by atoms with E-state index in [4.69, 9.17) is 4.74 Å². The maximum absolute atomic E-state index is 13.4. The first-order valence-corrected chi connectivity index (χ1v) is 8.43. The van der Waals surface area contributed by atoms with Gasteiger partial charge in [-0.05, 0) is 49.2 Å². The van der Waals surface area contributed by atoms with Crippen molar-refractivity contribution in [2.24, 2.45) is 0 Å². The highest BCUT2D eigenvalue weighted by atomic mass is 32.2. The summed E-state index contributed by atoms with van der Waals surface area (Å²) in [7, 11) is -3.65. The number of hydrogen-bond donors (Lipinski definition) is 1. The quantitative estimate of drug-likeness (QED) is 0.822. The Morgan fingerprint density at radius 2 is 1.78 bits per heavy atom. The van der Waals surface area contributed by atoms with Crippen LogP contribution < -0.4 is 9.46 Å². The van der Waals surface area contributed by atoms with E-state index in [1.54, 1.807) is 12.1 Å². The molecule has 0 unspecified atom stereocenters. The van der Waals surface area contributed by atoms with Gasteiger partial charge in [-0.15, -0.1) is 0 Å². The van der Waals surface area contributed by atoms with Crippen LogP contribution in [0.2, 0.25) is 0 Å². The summed E-state index contributed by atoms with van der Waals surface area (Å²) >= 11 is 0. The van der Waals surface area contributed by atoms with Crippen molar-refractivity contribution in [3.63, 3.8) is 0 Å². The number of sulfonamides is 1. The Morgan fingerprint density at radius 1 is 1.04 bits per heavy atom. The Hall–Kier alpha value is -1.99. The highest BCUT2D eigenvalue weighted by molar-refractivity contribution is 7.89. The van der Waals surface area contributed by atoms with E-state index in [1.165, 1.54) is 6.07 Å². The number of hydrogen-bond acceptors (Lipinski definition) is 3. The van der Waals surface area contributed by atoms with E-state index < -0.39 is 21.7 Å². The second-order valence-electron chi connectivity index (χ2n) is 5.07. The fraction of sp³-hybridized carbons (Fsp3) is 0.250. The van der Waals surface area contributed by atoms with Crippen molar-refractivity contribution in [1.82, 2.24) is 4.72 Å². The third kappa shape index (κ3) is 4.49. The van der Waals surface area contributed by atoms with Crippen LogP contribution in [0.15, 0.2) is 41.3 Å². The monoisotopic (exact) mass is 341 g/mol. The summed E-state index contributed by atoms with van der Waals surface area (Å²) in [5.74, 6) is -1.66. The molecular weight excluding hydrogens is 324 g/mol. The lowest BCUT2D eigenvalue weighted by Gasteiger charge is -2.10. The van der Waals surface area contributed by atoms with Crippen LogP contribution in [0.4, 0.5) is 8.78 Å². The van der Waals surface area contributed by atoms with Crippen molar-refractivity contribution in [1.29, 1.82) is 0 Å². The van der Waals surface area contributed by atoms with Gasteiger partial charge in [-0.25, -0.2) is 21.9 Å². The zero-order chi connectivity index (χ0) is 17.0. The summed E-state index contributed by atoms with van der Waals surface area (Å²) in [6.45, 7) is 3.61. The molecule has 0 amide bonds. The van der Waals surface area contributed by atoms with Crippen molar-refractivity contribution in [2.45, 2.75) is 18.7 Å². The molecule has 0 aliphatic heterocycles. The topological polar surface area (TPSA) is 55.4 Å². The minimum absolute atomic E-state index is 0.0356. The maximum Gasteiger partial charge on any atom is 0.240 e. The first kappa shape index (κ1) is 17.4. The summed E-state index contributed by atoms with van der Waals surface area (Å²) in [6, 6.07) is 7.76. The van der Waals surface area contributed by atoms with E-state index in [0.29, 0.717) is 6.07 Å². The molecular formula is C16H17F2NO3S. The highest BCUT2D eigenvalue weighted by Gasteiger charge is 2.14. The van der Waals surface area contributed by atoms with Crippen molar-refractivity contribution in [3.8, 4) is 5.75 Å². The zero-order valence-electron chi connectivity index (χ0n) is 12.8. The van der Waals surface area contributed by atoms with E-state index in [9.17, 15) is 17.2 Å². The van der Waals surface area contributed by atoms with Crippen LogP contribution in [0.3, 0.4) is 0 Å². The number of ether oxygens (including phenoxy) is 1. The third-order valence-corrected chi connectivity index (χ3v) is 4.79. The molecule has 4 nitrogen and oxygen atoms in total. The molecule has 0 saturated carbocycles. The predicted molar refractivity (Wildman–Crippen MR) is 83.0 cm³/mol. The normalized spacial score (nSPS) is 11.5. The van der Waals surface area contributed by atoms with Gasteiger partial charge in [0.2, 0.25) is 10.0 Å². The van der Waals surface area contributed by atoms with Gasteiger partial charge in [-0.2, -0.15) is 0 Å². The summed E-state index contributed by atoms with van der Waals surface area (Å²) in [6.07, 6.45) is 0. The molecule has 1 N–H and O–H groups in total. The molecule has 2 aromatic rings. The predicted octanol–water partition coefficient (Wildman–Crippen LogP) is 2.94. The van der Waals surface area contributed by atoms with Gasteiger partial charge in [0.15, 0.2) is 11.6 Å². The van der Waals surface area contributed by atoms with Gasteiger partial charge in [0.05, 0.1) is 4.90 Å². The van der Waals surface area contributed by atoms with Crippen LogP contribution in [-0.4, -0.2) is 21.6 Å². The molecule has 23 heavy (non-hydrogen) atoms. The van der Waals surface area contributed by atoms with Crippen molar-refractivity contribution in [2.75, 3.05) is 13.2 Å². The molecule has 0 heterocycles. The maximum atomic E-state index is 13.4. The number of halogens is 2. The van der Waals surface area contributed by atoms with E-state index in [-0.39, 0.29) is 23.8 Å². The van der Waals surface area contributed by atoms with Crippen molar-refractivity contribution >= 4 is 10.0 Å². The minimum atomic E-state index is -3.65.